The summed E-state index contributed by atoms with van der Waals surface area (Å²) in [4.78, 5) is 0. The van der Waals surface area contributed by atoms with Gasteiger partial charge >= 0.3 is 0 Å². The van der Waals surface area contributed by atoms with Crippen LogP contribution in [0.2, 0.25) is 0 Å². The average Bonchev–Trinajstić information content (AvgIpc) is 2.56. The van der Waals surface area contributed by atoms with Gasteiger partial charge in [-0.2, -0.15) is 11.8 Å². The zero-order valence-corrected chi connectivity index (χ0v) is 9.59. The fourth-order valence-electron chi connectivity index (χ4n) is 1.16. The normalized spacial score (nSPS) is 13.4. The number of aliphatic hydroxyl groups excluding tert-OH is 1. The van der Waals surface area contributed by atoms with Gasteiger partial charge in [-0.1, -0.05) is 13.8 Å². The van der Waals surface area contributed by atoms with Gasteiger partial charge in [0.05, 0.1) is 12.4 Å². The fourth-order valence-corrected chi connectivity index (χ4v) is 2.16. The summed E-state index contributed by atoms with van der Waals surface area (Å²) in [7, 11) is 0. The quantitative estimate of drug-likeness (QED) is 0.790. The third-order valence-electron chi connectivity index (χ3n) is 1.78. The standard InChI is InChI=1S/C11H18O2S/c1-9(2)7-14-8-10(12)6-11-4-3-5-13-11/h3-5,9-10,12H,6-8H2,1-2H3. The van der Waals surface area contributed by atoms with Crippen LogP contribution in [0.3, 0.4) is 0 Å². The second-order valence-electron chi connectivity index (χ2n) is 3.87. The maximum absolute atomic E-state index is 9.65. The predicted molar refractivity (Wildman–Crippen MR) is 60.6 cm³/mol. The van der Waals surface area contributed by atoms with Gasteiger partial charge in [-0.3, -0.25) is 0 Å². The van der Waals surface area contributed by atoms with E-state index in [0.717, 1.165) is 17.3 Å². The summed E-state index contributed by atoms with van der Waals surface area (Å²) in [6, 6.07) is 3.75. The van der Waals surface area contributed by atoms with Crippen molar-refractivity contribution in [3.63, 3.8) is 0 Å². The summed E-state index contributed by atoms with van der Waals surface area (Å²) in [5, 5.41) is 9.65. The summed E-state index contributed by atoms with van der Waals surface area (Å²) >= 11 is 1.80. The Morgan fingerprint density at radius 2 is 2.21 bits per heavy atom. The zero-order valence-electron chi connectivity index (χ0n) is 8.77. The number of thioether (sulfide) groups is 1. The first-order valence-electron chi connectivity index (χ1n) is 4.96. The molecule has 0 saturated carbocycles. The third kappa shape index (κ3) is 4.72. The molecule has 0 saturated heterocycles. The van der Waals surface area contributed by atoms with Crippen LogP contribution in [0.25, 0.3) is 0 Å². The van der Waals surface area contributed by atoms with Gasteiger partial charge in [0.1, 0.15) is 5.76 Å². The van der Waals surface area contributed by atoms with E-state index in [4.69, 9.17) is 4.42 Å². The van der Waals surface area contributed by atoms with E-state index in [1.54, 1.807) is 18.0 Å². The summed E-state index contributed by atoms with van der Waals surface area (Å²) < 4.78 is 5.16. The molecule has 0 aliphatic heterocycles. The Labute approximate surface area is 89.7 Å². The Balaban J connectivity index is 2.13. The van der Waals surface area contributed by atoms with E-state index >= 15 is 0 Å². The molecular weight excluding hydrogens is 196 g/mol. The second-order valence-corrected chi connectivity index (χ2v) is 4.94. The second kappa shape index (κ2) is 6.14. The predicted octanol–water partition coefficient (Wildman–Crippen LogP) is 2.57. The Bertz CT molecular complexity index is 231. The molecule has 0 aliphatic carbocycles. The van der Waals surface area contributed by atoms with Crippen LogP contribution >= 0.6 is 11.8 Å². The van der Waals surface area contributed by atoms with Gasteiger partial charge in [0.15, 0.2) is 0 Å². The van der Waals surface area contributed by atoms with Gasteiger partial charge in [0.2, 0.25) is 0 Å². The lowest BCUT2D eigenvalue weighted by Gasteiger charge is -2.09. The first-order valence-corrected chi connectivity index (χ1v) is 6.12. The van der Waals surface area contributed by atoms with Crippen LogP contribution in [0.5, 0.6) is 0 Å². The van der Waals surface area contributed by atoms with Gasteiger partial charge in [0, 0.05) is 12.2 Å². The smallest absolute Gasteiger partial charge is 0.106 e. The Kier molecular flexibility index (Phi) is 5.12. The summed E-state index contributed by atoms with van der Waals surface area (Å²) in [5.74, 6) is 3.45. The molecule has 1 atom stereocenters. The molecule has 0 bridgehead atoms. The largest absolute Gasteiger partial charge is 0.469 e. The molecule has 80 valence electrons. The molecule has 14 heavy (non-hydrogen) atoms. The maximum Gasteiger partial charge on any atom is 0.106 e. The van der Waals surface area contributed by atoms with E-state index in [1.165, 1.54) is 0 Å². The molecule has 1 rings (SSSR count). The summed E-state index contributed by atoms with van der Waals surface area (Å²) in [6.45, 7) is 4.37. The van der Waals surface area contributed by atoms with Gasteiger partial charge in [0.25, 0.3) is 0 Å². The molecule has 0 aliphatic rings. The number of hydrogen-bond donors (Lipinski definition) is 1. The van der Waals surface area contributed by atoms with Crippen molar-refractivity contribution in [1.29, 1.82) is 0 Å². The monoisotopic (exact) mass is 214 g/mol. The lowest BCUT2D eigenvalue weighted by molar-refractivity contribution is 0.192. The SMILES string of the molecule is CC(C)CSCC(O)Cc1ccco1. The van der Waals surface area contributed by atoms with Gasteiger partial charge in [-0.15, -0.1) is 0 Å². The molecule has 0 fully saturated rings. The van der Waals surface area contributed by atoms with Crippen molar-refractivity contribution < 1.29 is 9.52 Å². The Hall–Kier alpha value is -0.410. The topological polar surface area (TPSA) is 33.4 Å². The van der Waals surface area contributed by atoms with Crippen molar-refractivity contribution >= 4 is 11.8 Å². The highest BCUT2D eigenvalue weighted by Crippen LogP contribution is 2.12. The van der Waals surface area contributed by atoms with E-state index in [2.05, 4.69) is 13.8 Å². The van der Waals surface area contributed by atoms with Crippen LogP contribution in [0.1, 0.15) is 19.6 Å². The first-order chi connectivity index (χ1) is 6.68. The van der Waals surface area contributed by atoms with E-state index in [1.807, 2.05) is 12.1 Å². The molecule has 1 aromatic heterocycles. The van der Waals surface area contributed by atoms with Crippen LogP contribution in [-0.4, -0.2) is 22.7 Å². The molecular formula is C11H18O2S. The number of hydrogen-bond acceptors (Lipinski definition) is 3. The molecule has 1 heterocycles. The van der Waals surface area contributed by atoms with Crippen LogP contribution in [0.4, 0.5) is 0 Å². The lowest BCUT2D eigenvalue weighted by atomic mass is 10.2. The summed E-state index contributed by atoms with van der Waals surface area (Å²) in [6.07, 6.45) is 1.98. The summed E-state index contributed by atoms with van der Waals surface area (Å²) in [5.41, 5.74) is 0. The number of rotatable bonds is 6. The molecule has 3 heteroatoms. The molecule has 2 nitrogen and oxygen atoms in total. The van der Waals surface area contributed by atoms with Crippen LogP contribution in [-0.2, 0) is 6.42 Å². The molecule has 1 N–H and O–H groups in total. The Morgan fingerprint density at radius 3 is 2.79 bits per heavy atom. The minimum atomic E-state index is -0.287. The highest BCUT2D eigenvalue weighted by atomic mass is 32.2. The number of aliphatic hydroxyl groups is 1. The molecule has 1 unspecified atom stereocenters. The van der Waals surface area contributed by atoms with E-state index in [-0.39, 0.29) is 6.10 Å². The van der Waals surface area contributed by atoms with Crippen molar-refractivity contribution in [2.75, 3.05) is 11.5 Å². The average molecular weight is 214 g/mol. The van der Waals surface area contributed by atoms with Gasteiger partial charge < -0.3 is 9.52 Å². The van der Waals surface area contributed by atoms with Gasteiger partial charge in [-0.05, 0) is 23.8 Å². The highest BCUT2D eigenvalue weighted by Gasteiger charge is 2.07. The van der Waals surface area contributed by atoms with E-state index in [9.17, 15) is 5.11 Å². The van der Waals surface area contributed by atoms with Crippen LogP contribution in [0.15, 0.2) is 22.8 Å². The van der Waals surface area contributed by atoms with Crippen molar-refractivity contribution in [3.05, 3.63) is 24.2 Å². The minimum Gasteiger partial charge on any atom is -0.469 e. The molecule has 0 amide bonds. The minimum absolute atomic E-state index is 0.287. The lowest BCUT2D eigenvalue weighted by Crippen LogP contribution is -2.14. The van der Waals surface area contributed by atoms with Crippen LogP contribution in [0, 0.1) is 5.92 Å². The molecule has 0 radical (unpaired) electrons. The van der Waals surface area contributed by atoms with Crippen molar-refractivity contribution in [1.82, 2.24) is 0 Å². The molecule has 0 spiro atoms. The Morgan fingerprint density at radius 1 is 1.43 bits per heavy atom. The van der Waals surface area contributed by atoms with E-state index < -0.39 is 0 Å². The van der Waals surface area contributed by atoms with Crippen LogP contribution < -0.4 is 0 Å². The highest BCUT2D eigenvalue weighted by molar-refractivity contribution is 7.99. The van der Waals surface area contributed by atoms with Crippen molar-refractivity contribution in [2.45, 2.75) is 26.4 Å². The van der Waals surface area contributed by atoms with Crippen molar-refractivity contribution in [2.24, 2.45) is 5.92 Å². The zero-order chi connectivity index (χ0) is 10.4. The number of furan rings is 1. The fraction of sp³-hybridized carbons (Fsp3) is 0.636. The van der Waals surface area contributed by atoms with Crippen molar-refractivity contribution in [3.8, 4) is 0 Å². The molecule has 1 aromatic rings. The third-order valence-corrected chi connectivity index (χ3v) is 3.30. The van der Waals surface area contributed by atoms with Gasteiger partial charge in [-0.25, -0.2) is 0 Å². The van der Waals surface area contributed by atoms with E-state index in [0.29, 0.717) is 12.3 Å². The molecule has 0 aromatic carbocycles. The first kappa shape index (κ1) is 11.7. The maximum atomic E-state index is 9.65.